The van der Waals surface area contributed by atoms with E-state index >= 15 is 0 Å². The molecule has 422 valence electrons. The molecule has 2 atom stereocenters. The molecule has 0 heterocycles. The number of nitrogens with zero attached hydrogens (tertiary/aromatic N) is 1. The fourth-order valence-electron chi connectivity index (χ4n) is 8.90. The molecule has 0 aromatic rings. The summed E-state index contributed by atoms with van der Waals surface area (Å²) < 4.78 is 22.5. The van der Waals surface area contributed by atoms with E-state index in [0.29, 0.717) is 17.4 Å². The van der Waals surface area contributed by atoms with E-state index in [1.165, 1.54) is 205 Å². The van der Waals surface area contributed by atoms with Crippen molar-refractivity contribution in [3.8, 4) is 0 Å². The molecule has 0 aromatic carbocycles. The van der Waals surface area contributed by atoms with E-state index in [2.05, 4.69) is 50.3 Å². The van der Waals surface area contributed by atoms with Gasteiger partial charge in [0.1, 0.15) is 13.2 Å². The Kier molecular flexibility index (Phi) is 52.9. The topological polar surface area (TPSA) is 111 Å². The minimum Gasteiger partial charge on any atom is -0.545 e. The fraction of sp³-hybridized carbons (Fsp3) is 0.857. The number of hydrogen-bond donors (Lipinski definition) is 0. The standard InChI is InChI=1S/C63H117NO8/c1-6-8-10-12-14-15-16-17-18-19-20-21-22-23-24-25-26-27-28-29-30-31-32-33-34-35-36-37-38-39-40-41-42-43-44-45-46-47-48-50-52-54-61(66)72-59(57-70-60(65)53-51-49-13-11-9-7-2)58-71-63(62(67)68)69-56-55-64(3,4)5/h16-17,19-20,22-23,59,63H,6-15,18,21,24-58H2,1-5H3/b17-16-,20-19-,23-22-. The van der Waals surface area contributed by atoms with Gasteiger partial charge in [-0.05, 0) is 51.4 Å². The first-order valence-electron chi connectivity index (χ1n) is 30.6. The maximum absolute atomic E-state index is 12.8. The average molecular weight is 1020 g/mol. The monoisotopic (exact) mass is 1020 g/mol. The molecule has 0 rings (SSSR count). The summed E-state index contributed by atoms with van der Waals surface area (Å²) in [6.07, 6.45) is 64.3. The highest BCUT2D eigenvalue weighted by Gasteiger charge is 2.22. The lowest BCUT2D eigenvalue weighted by Crippen LogP contribution is -2.44. The van der Waals surface area contributed by atoms with Crippen LogP contribution in [0.25, 0.3) is 0 Å². The molecule has 0 saturated carbocycles. The summed E-state index contributed by atoms with van der Waals surface area (Å²) in [6.45, 7) is 4.69. The van der Waals surface area contributed by atoms with Crippen LogP contribution < -0.4 is 5.11 Å². The number of esters is 2. The smallest absolute Gasteiger partial charge is 0.306 e. The zero-order chi connectivity index (χ0) is 52.7. The number of ether oxygens (including phenoxy) is 4. The molecule has 72 heavy (non-hydrogen) atoms. The highest BCUT2D eigenvalue weighted by molar-refractivity contribution is 5.70. The molecular formula is C63H117NO8. The second kappa shape index (κ2) is 54.8. The SMILES string of the molecule is CCCCCCC/C=C\C/C=C\C/C=C\CCCCCCCCCCCCCCCCCCCCCCCCCCCCC(=O)OC(COC(=O)CCCCCCCC)COC(OCC[N+](C)(C)C)C(=O)[O-]. The second-order valence-corrected chi connectivity index (χ2v) is 22.0. The van der Waals surface area contributed by atoms with E-state index in [1.807, 2.05) is 21.1 Å². The van der Waals surface area contributed by atoms with Crippen LogP contribution in [0.3, 0.4) is 0 Å². The predicted octanol–water partition coefficient (Wildman–Crippen LogP) is 16.7. The number of carbonyl (C=O) groups excluding carboxylic acids is 3. The molecule has 0 aliphatic heterocycles. The van der Waals surface area contributed by atoms with Crippen LogP contribution in [-0.4, -0.2) is 82.3 Å². The number of allylic oxidation sites excluding steroid dienone is 6. The average Bonchev–Trinajstić information content (AvgIpc) is 3.35. The number of carboxylic acids is 1. The van der Waals surface area contributed by atoms with Gasteiger partial charge in [-0.1, -0.05) is 262 Å². The maximum atomic E-state index is 12.8. The van der Waals surface area contributed by atoms with Crippen LogP contribution in [-0.2, 0) is 33.3 Å². The summed E-state index contributed by atoms with van der Waals surface area (Å²) in [5, 5.41) is 11.7. The molecular weight excluding hydrogens is 899 g/mol. The van der Waals surface area contributed by atoms with Gasteiger partial charge in [-0.3, -0.25) is 9.59 Å². The molecule has 0 amide bonds. The predicted molar refractivity (Wildman–Crippen MR) is 302 cm³/mol. The zero-order valence-corrected chi connectivity index (χ0v) is 48.1. The van der Waals surface area contributed by atoms with Crippen molar-refractivity contribution in [3.63, 3.8) is 0 Å². The number of carbonyl (C=O) groups is 3. The van der Waals surface area contributed by atoms with Gasteiger partial charge in [0.25, 0.3) is 0 Å². The lowest BCUT2D eigenvalue weighted by atomic mass is 10.0. The van der Waals surface area contributed by atoms with E-state index in [4.69, 9.17) is 18.9 Å². The van der Waals surface area contributed by atoms with Crippen molar-refractivity contribution in [1.29, 1.82) is 0 Å². The molecule has 9 nitrogen and oxygen atoms in total. The summed E-state index contributed by atoms with van der Waals surface area (Å²) >= 11 is 0. The van der Waals surface area contributed by atoms with E-state index in [1.54, 1.807) is 0 Å². The summed E-state index contributed by atoms with van der Waals surface area (Å²) in [4.78, 5) is 36.9. The largest absolute Gasteiger partial charge is 0.545 e. The lowest BCUT2D eigenvalue weighted by Gasteiger charge is -2.26. The zero-order valence-electron chi connectivity index (χ0n) is 48.1. The van der Waals surface area contributed by atoms with Gasteiger partial charge in [0.2, 0.25) is 0 Å². The first kappa shape index (κ1) is 69.5. The molecule has 0 aliphatic rings. The van der Waals surface area contributed by atoms with E-state index < -0.39 is 24.3 Å². The van der Waals surface area contributed by atoms with Gasteiger partial charge in [-0.25, -0.2) is 0 Å². The Morgan fingerprint density at radius 3 is 1.11 bits per heavy atom. The molecule has 2 unspecified atom stereocenters. The van der Waals surface area contributed by atoms with Crippen molar-refractivity contribution in [1.82, 2.24) is 0 Å². The van der Waals surface area contributed by atoms with Gasteiger partial charge < -0.3 is 33.3 Å². The number of unbranched alkanes of at least 4 members (excludes halogenated alkanes) is 36. The first-order valence-corrected chi connectivity index (χ1v) is 30.6. The third-order valence-electron chi connectivity index (χ3n) is 13.6. The molecule has 0 bridgehead atoms. The van der Waals surface area contributed by atoms with Gasteiger partial charge in [0.05, 0.1) is 40.3 Å². The Balaban J connectivity index is 3.76. The molecule has 9 heteroatoms. The van der Waals surface area contributed by atoms with Crippen molar-refractivity contribution in [2.45, 2.75) is 302 Å². The van der Waals surface area contributed by atoms with Crippen LogP contribution in [0.4, 0.5) is 0 Å². The number of quaternary nitrogens is 1. The van der Waals surface area contributed by atoms with Gasteiger partial charge in [-0.15, -0.1) is 0 Å². The number of likely N-dealkylation sites (N-methyl/N-ethyl adjacent to an activating group) is 1. The third-order valence-corrected chi connectivity index (χ3v) is 13.6. The van der Waals surface area contributed by atoms with Crippen LogP contribution in [0.15, 0.2) is 36.5 Å². The molecule has 0 saturated heterocycles. The second-order valence-electron chi connectivity index (χ2n) is 22.0. The minimum absolute atomic E-state index is 0.151. The van der Waals surface area contributed by atoms with Crippen molar-refractivity contribution in [2.24, 2.45) is 0 Å². The summed E-state index contributed by atoms with van der Waals surface area (Å²) in [5.74, 6) is -2.28. The quantitative estimate of drug-likeness (QED) is 0.0195. The Labute approximate surface area is 445 Å². The fourth-order valence-corrected chi connectivity index (χ4v) is 8.90. The highest BCUT2D eigenvalue weighted by atomic mass is 16.7. The highest BCUT2D eigenvalue weighted by Crippen LogP contribution is 2.17. The van der Waals surface area contributed by atoms with Gasteiger partial charge in [-0.2, -0.15) is 0 Å². The number of rotatable bonds is 57. The van der Waals surface area contributed by atoms with Crippen molar-refractivity contribution < 1.29 is 42.9 Å². The maximum Gasteiger partial charge on any atom is 0.306 e. The van der Waals surface area contributed by atoms with Crippen molar-refractivity contribution in [2.75, 3.05) is 47.5 Å². The van der Waals surface area contributed by atoms with Crippen LogP contribution >= 0.6 is 0 Å². The normalized spacial score (nSPS) is 13.0. The number of hydrogen-bond acceptors (Lipinski definition) is 8. The number of aliphatic carboxylic acids is 1. The molecule has 0 fully saturated rings. The van der Waals surface area contributed by atoms with Gasteiger partial charge >= 0.3 is 11.9 Å². The first-order chi connectivity index (χ1) is 35.1. The van der Waals surface area contributed by atoms with Crippen LogP contribution in [0.2, 0.25) is 0 Å². The van der Waals surface area contributed by atoms with Crippen molar-refractivity contribution >= 4 is 17.9 Å². The summed E-state index contributed by atoms with van der Waals surface area (Å²) in [5.41, 5.74) is 0. The molecule has 0 aromatic heterocycles. The van der Waals surface area contributed by atoms with Gasteiger partial charge in [0, 0.05) is 12.8 Å². The van der Waals surface area contributed by atoms with Crippen LogP contribution in [0, 0.1) is 0 Å². The molecule has 0 spiro atoms. The molecule has 0 aliphatic carbocycles. The summed E-state index contributed by atoms with van der Waals surface area (Å²) in [7, 11) is 5.91. The van der Waals surface area contributed by atoms with E-state index in [-0.39, 0.29) is 32.2 Å². The van der Waals surface area contributed by atoms with Crippen LogP contribution in [0.1, 0.15) is 290 Å². The van der Waals surface area contributed by atoms with Crippen molar-refractivity contribution in [3.05, 3.63) is 36.5 Å². The van der Waals surface area contributed by atoms with E-state index in [9.17, 15) is 19.5 Å². The Hall–Kier alpha value is -2.49. The third kappa shape index (κ3) is 55.3. The Morgan fingerprint density at radius 2 is 0.750 bits per heavy atom. The van der Waals surface area contributed by atoms with Gasteiger partial charge in [0.15, 0.2) is 12.4 Å². The Bertz CT molecular complexity index is 1270. The minimum atomic E-state index is -1.61. The van der Waals surface area contributed by atoms with Crippen LogP contribution in [0.5, 0.6) is 0 Å². The Morgan fingerprint density at radius 1 is 0.417 bits per heavy atom. The lowest BCUT2D eigenvalue weighted by molar-refractivity contribution is -0.870. The van der Waals surface area contributed by atoms with E-state index in [0.717, 1.165) is 57.8 Å². The molecule has 0 radical (unpaired) electrons. The number of carboxylic acid groups (broad SMARTS) is 1. The molecule has 0 N–H and O–H groups in total. The summed E-state index contributed by atoms with van der Waals surface area (Å²) in [6, 6.07) is 0.